The standard InChI is InChI=1S/C26H29ClN4O4/c1-35-22-9-4-16(12-28)10-20(22)23(17-7-8-17)31-24-21(27)11-19(14-29-24)25(32)30-13-15-2-5-18(6-3-15)26(33)34/h4,9-11,14-15,17-18,23H,2-3,5-8,13H2,1H3,(H,29,31)(H,30,32)(H,33,34). The third kappa shape index (κ3) is 6.04. The van der Waals surface area contributed by atoms with E-state index in [1.54, 1.807) is 25.3 Å². The number of nitrogens with one attached hydrogen (secondary N) is 2. The van der Waals surface area contributed by atoms with Gasteiger partial charge in [-0.3, -0.25) is 9.59 Å². The Morgan fingerprint density at radius 2 is 1.97 bits per heavy atom. The first-order valence-electron chi connectivity index (χ1n) is 11.9. The second-order valence-corrected chi connectivity index (χ2v) is 9.76. The van der Waals surface area contributed by atoms with Crippen molar-refractivity contribution in [3.63, 3.8) is 0 Å². The third-order valence-corrected chi connectivity index (χ3v) is 7.22. The Kier molecular flexibility index (Phi) is 7.76. The average molecular weight is 497 g/mol. The number of benzene rings is 1. The summed E-state index contributed by atoms with van der Waals surface area (Å²) in [5, 5.41) is 25.1. The van der Waals surface area contributed by atoms with Crippen molar-refractivity contribution in [2.24, 2.45) is 17.8 Å². The van der Waals surface area contributed by atoms with E-state index in [0.29, 0.717) is 53.0 Å². The zero-order chi connectivity index (χ0) is 24.9. The minimum absolute atomic E-state index is 0.121. The lowest BCUT2D eigenvalue weighted by Crippen LogP contribution is -2.32. The van der Waals surface area contributed by atoms with Crippen molar-refractivity contribution >= 4 is 29.3 Å². The van der Waals surface area contributed by atoms with Crippen LogP contribution in [0.3, 0.4) is 0 Å². The summed E-state index contributed by atoms with van der Waals surface area (Å²) >= 11 is 6.51. The Balaban J connectivity index is 1.41. The van der Waals surface area contributed by atoms with Crippen LogP contribution in [-0.2, 0) is 4.79 Å². The monoisotopic (exact) mass is 496 g/mol. The van der Waals surface area contributed by atoms with Gasteiger partial charge >= 0.3 is 5.97 Å². The molecule has 35 heavy (non-hydrogen) atoms. The summed E-state index contributed by atoms with van der Waals surface area (Å²) < 4.78 is 5.53. The lowest BCUT2D eigenvalue weighted by molar-refractivity contribution is -0.143. The molecule has 2 fully saturated rings. The number of rotatable bonds is 9. The number of aliphatic carboxylic acids is 1. The van der Waals surface area contributed by atoms with Crippen molar-refractivity contribution in [2.45, 2.75) is 44.6 Å². The van der Waals surface area contributed by atoms with Gasteiger partial charge in [0, 0.05) is 18.3 Å². The van der Waals surface area contributed by atoms with E-state index in [0.717, 1.165) is 31.2 Å². The number of aromatic nitrogens is 1. The van der Waals surface area contributed by atoms with Crippen LogP contribution in [0.1, 0.15) is 66.1 Å². The number of hydrogen-bond acceptors (Lipinski definition) is 6. The summed E-state index contributed by atoms with van der Waals surface area (Å²) in [6, 6.07) is 9.00. The van der Waals surface area contributed by atoms with Gasteiger partial charge in [0.1, 0.15) is 11.6 Å². The van der Waals surface area contributed by atoms with Crippen molar-refractivity contribution in [3.05, 3.63) is 52.2 Å². The number of nitrogens with zero attached hydrogens (tertiary/aromatic N) is 2. The maximum Gasteiger partial charge on any atom is 0.306 e. The highest BCUT2D eigenvalue weighted by molar-refractivity contribution is 6.33. The molecule has 0 spiro atoms. The van der Waals surface area contributed by atoms with E-state index in [1.807, 2.05) is 6.07 Å². The molecule has 2 aliphatic carbocycles. The molecule has 1 heterocycles. The van der Waals surface area contributed by atoms with Gasteiger partial charge in [-0.05, 0) is 74.6 Å². The molecule has 4 rings (SSSR count). The van der Waals surface area contributed by atoms with Crippen LogP contribution in [0.2, 0.25) is 5.02 Å². The maximum absolute atomic E-state index is 12.7. The van der Waals surface area contributed by atoms with Crippen LogP contribution in [-0.4, -0.2) is 35.6 Å². The number of carbonyl (C=O) groups excluding carboxylic acids is 1. The summed E-state index contributed by atoms with van der Waals surface area (Å²) in [4.78, 5) is 28.2. The molecule has 2 aromatic rings. The molecule has 8 nitrogen and oxygen atoms in total. The second kappa shape index (κ2) is 11.0. The van der Waals surface area contributed by atoms with Crippen LogP contribution in [0.25, 0.3) is 0 Å². The molecule has 1 atom stereocenters. The summed E-state index contributed by atoms with van der Waals surface area (Å²) in [5.74, 6) is 0.545. The predicted molar refractivity (Wildman–Crippen MR) is 131 cm³/mol. The number of carbonyl (C=O) groups is 2. The van der Waals surface area contributed by atoms with Gasteiger partial charge in [0.05, 0.1) is 41.3 Å². The zero-order valence-corrected chi connectivity index (χ0v) is 20.3. The van der Waals surface area contributed by atoms with Crippen molar-refractivity contribution in [2.75, 3.05) is 19.0 Å². The summed E-state index contributed by atoms with van der Waals surface area (Å²) in [6.45, 7) is 0.502. The van der Waals surface area contributed by atoms with Gasteiger partial charge in [-0.1, -0.05) is 11.6 Å². The molecule has 184 valence electrons. The lowest BCUT2D eigenvalue weighted by atomic mass is 9.82. The molecule has 1 aromatic carbocycles. The van der Waals surface area contributed by atoms with Gasteiger partial charge in [-0.15, -0.1) is 0 Å². The van der Waals surface area contributed by atoms with Gasteiger partial charge in [0.25, 0.3) is 5.91 Å². The van der Waals surface area contributed by atoms with Crippen molar-refractivity contribution in [3.8, 4) is 11.8 Å². The highest BCUT2D eigenvalue weighted by Crippen LogP contribution is 2.46. The molecular weight excluding hydrogens is 468 g/mol. The van der Waals surface area contributed by atoms with E-state index in [2.05, 4.69) is 21.7 Å². The first kappa shape index (κ1) is 24.8. The number of halogens is 1. The molecule has 2 aliphatic rings. The molecule has 0 aliphatic heterocycles. The zero-order valence-electron chi connectivity index (χ0n) is 19.6. The summed E-state index contributed by atoms with van der Waals surface area (Å²) in [5.41, 5.74) is 1.80. The quantitative estimate of drug-likeness (QED) is 0.455. The van der Waals surface area contributed by atoms with Crippen LogP contribution in [0.15, 0.2) is 30.5 Å². The SMILES string of the molecule is COc1ccc(C#N)cc1C(Nc1ncc(C(=O)NCC2CCC(C(=O)O)CC2)cc1Cl)C1CC1. The predicted octanol–water partition coefficient (Wildman–Crippen LogP) is 4.80. The highest BCUT2D eigenvalue weighted by atomic mass is 35.5. The van der Waals surface area contributed by atoms with Crippen LogP contribution in [0, 0.1) is 29.1 Å². The minimum Gasteiger partial charge on any atom is -0.496 e. The van der Waals surface area contributed by atoms with Gasteiger partial charge in [-0.25, -0.2) is 4.98 Å². The molecule has 2 saturated carbocycles. The number of nitriles is 1. The lowest BCUT2D eigenvalue weighted by Gasteiger charge is -2.26. The van der Waals surface area contributed by atoms with Crippen molar-refractivity contribution < 1.29 is 19.4 Å². The van der Waals surface area contributed by atoms with E-state index in [1.165, 1.54) is 6.20 Å². The van der Waals surface area contributed by atoms with Crippen LogP contribution in [0.5, 0.6) is 5.75 Å². The Bertz CT molecular complexity index is 1140. The van der Waals surface area contributed by atoms with Crippen LogP contribution in [0.4, 0.5) is 5.82 Å². The molecule has 1 unspecified atom stereocenters. The summed E-state index contributed by atoms with van der Waals surface area (Å²) in [7, 11) is 1.60. The van der Waals surface area contributed by atoms with E-state index in [9.17, 15) is 14.9 Å². The largest absolute Gasteiger partial charge is 0.496 e. The number of amides is 1. The number of carboxylic acids is 1. The normalized spacial score (nSPS) is 20.4. The molecule has 3 N–H and O–H groups in total. The Hall–Kier alpha value is -3.31. The Morgan fingerprint density at radius 3 is 2.57 bits per heavy atom. The van der Waals surface area contributed by atoms with Gasteiger partial charge in [-0.2, -0.15) is 5.26 Å². The van der Waals surface area contributed by atoms with Gasteiger partial charge < -0.3 is 20.5 Å². The maximum atomic E-state index is 12.7. The fraction of sp³-hybridized carbons (Fsp3) is 0.462. The Labute approximate surface area is 209 Å². The molecule has 0 bridgehead atoms. The smallest absolute Gasteiger partial charge is 0.306 e. The van der Waals surface area contributed by atoms with Gasteiger partial charge in [0.15, 0.2) is 0 Å². The molecule has 0 saturated heterocycles. The number of ether oxygens (including phenoxy) is 1. The summed E-state index contributed by atoms with van der Waals surface area (Å²) in [6.07, 6.45) is 6.46. The number of pyridine rings is 1. The van der Waals surface area contributed by atoms with Crippen molar-refractivity contribution in [1.82, 2.24) is 10.3 Å². The Morgan fingerprint density at radius 1 is 1.23 bits per heavy atom. The van der Waals surface area contributed by atoms with E-state index in [-0.39, 0.29) is 23.8 Å². The van der Waals surface area contributed by atoms with Crippen LogP contribution >= 0.6 is 11.6 Å². The fourth-order valence-electron chi connectivity index (χ4n) is 4.69. The van der Waals surface area contributed by atoms with Crippen molar-refractivity contribution in [1.29, 1.82) is 5.26 Å². The average Bonchev–Trinajstić information content (AvgIpc) is 3.71. The van der Waals surface area contributed by atoms with E-state index in [4.69, 9.17) is 21.4 Å². The van der Waals surface area contributed by atoms with E-state index < -0.39 is 5.97 Å². The van der Waals surface area contributed by atoms with Crippen LogP contribution < -0.4 is 15.4 Å². The number of hydrogen-bond donors (Lipinski definition) is 3. The third-order valence-electron chi connectivity index (χ3n) is 6.93. The van der Waals surface area contributed by atoms with Gasteiger partial charge in [0.2, 0.25) is 0 Å². The first-order valence-corrected chi connectivity index (χ1v) is 12.3. The number of methoxy groups -OCH3 is 1. The first-order chi connectivity index (χ1) is 16.9. The molecule has 9 heteroatoms. The minimum atomic E-state index is -0.734. The topological polar surface area (TPSA) is 124 Å². The highest BCUT2D eigenvalue weighted by Gasteiger charge is 2.35. The molecule has 1 amide bonds. The fourth-order valence-corrected chi connectivity index (χ4v) is 4.92. The number of carboxylic acid groups (broad SMARTS) is 1. The molecule has 1 aromatic heterocycles. The molecular formula is C26H29ClN4O4. The van der Waals surface area contributed by atoms with E-state index >= 15 is 0 Å². The second-order valence-electron chi connectivity index (χ2n) is 9.35. The number of anilines is 1. The molecule has 0 radical (unpaired) electrons.